The number of hydrogen-bond acceptors (Lipinski definition) is 5. The predicted octanol–water partition coefficient (Wildman–Crippen LogP) is 3.98. The van der Waals surface area contributed by atoms with E-state index >= 15 is 0 Å². The Morgan fingerprint density at radius 1 is 0.909 bits per heavy atom. The van der Waals surface area contributed by atoms with Crippen LogP contribution in [0.25, 0.3) is 22.0 Å². The number of aromatic nitrogens is 1. The summed E-state index contributed by atoms with van der Waals surface area (Å²) < 4.78 is 23.1. The van der Waals surface area contributed by atoms with Gasteiger partial charge in [-0.2, -0.15) is 0 Å². The van der Waals surface area contributed by atoms with Gasteiger partial charge in [0.1, 0.15) is 5.82 Å². The Bertz CT molecular complexity index is 1370. The highest BCUT2D eigenvalue weighted by Gasteiger charge is 2.14. The molecule has 1 aliphatic rings. The van der Waals surface area contributed by atoms with Crippen LogP contribution in [0.4, 0.5) is 17.2 Å². The fraction of sp³-hybridized carbons (Fsp3) is 0.200. The van der Waals surface area contributed by atoms with Crippen molar-refractivity contribution in [1.29, 1.82) is 0 Å². The lowest BCUT2D eigenvalue weighted by atomic mass is 10.0. The number of para-hydroxylation sites is 1. The van der Waals surface area contributed by atoms with Gasteiger partial charge in [0.15, 0.2) is 0 Å². The lowest BCUT2D eigenvalue weighted by molar-refractivity contribution is 0.313. The third-order valence-electron chi connectivity index (χ3n) is 6.16. The molecule has 1 aromatic heterocycles. The van der Waals surface area contributed by atoms with Crippen molar-refractivity contribution in [2.45, 2.75) is 4.90 Å². The summed E-state index contributed by atoms with van der Waals surface area (Å²) in [5.74, 6) is 0.894. The minimum Gasteiger partial charge on any atom is -0.369 e. The number of anilines is 3. The van der Waals surface area contributed by atoms with Crippen LogP contribution in [0.2, 0.25) is 0 Å². The van der Waals surface area contributed by atoms with Crippen LogP contribution < -0.4 is 15.4 Å². The Balaban J connectivity index is 1.37. The number of sulfonamides is 1. The summed E-state index contributed by atoms with van der Waals surface area (Å²) in [7, 11) is -1.55. The molecule has 1 saturated heterocycles. The van der Waals surface area contributed by atoms with E-state index in [2.05, 4.69) is 63.5 Å². The number of aromatic amines is 1. The molecule has 33 heavy (non-hydrogen) atoms. The van der Waals surface area contributed by atoms with Gasteiger partial charge in [-0.3, -0.25) is 0 Å². The summed E-state index contributed by atoms with van der Waals surface area (Å²) in [5.41, 5.74) is 5.15. The van der Waals surface area contributed by atoms with Crippen molar-refractivity contribution in [2.24, 2.45) is 5.14 Å². The van der Waals surface area contributed by atoms with Crippen LogP contribution in [0.3, 0.4) is 0 Å². The molecule has 0 unspecified atom stereocenters. The van der Waals surface area contributed by atoms with E-state index in [1.54, 1.807) is 12.1 Å². The van der Waals surface area contributed by atoms with E-state index in [0.29, 0.717) is 0 Å². The van der Waals surface area contributed by atoms with Crippen molar-refractivity contribution in [3.8, 4) is 11.1 Å². The van der Waals surface area contributed by atoms with E-state index < -0.39 is 10.0 Å². The van der Waals surface area contributed by atoms with Crippen LogP contribution in [0, 0.1) is 0 Å². The molecule has 0 saturated carbocycles. The molecule has 0 amide bonds. The number of nitrogens with zero attached hydrogens (tertiary/aromatic N) is 2. The van der Waals surface area contributed by atoms with Gasteiger partial charge in [0, 0.05) is 48.5 Å². The van der Waals surface area contributed by atoms with E-state index in [0.717, 1.165) is 59.7 Å². The van der Waals surface area contributed by atoms with E-state index in [1.807, 2.05) is 12.1 Å². The molecule has 4 aromatic rings. The number of hydrogen-bond donors (Lipinski definition) is 3. The molecule has 170 valence electrons. The normalized spacial score (nSPS) is 15.2. The van der Waals surface area contributed by atoms with Crippen molar-refractivity contribution in [1.82, 2.24) is 9.88 Å². The smallest absolute Gasteiger partial charge is 0.238 e. The van der Waals surface area contributed by atoms with E-state index in [1.165, 1.54) is 17.8 Å². The maximum absolute atomic E-state index is 11.6. The Kier molecular flexibility index (Phi) is 5.57. The van der Waals surface area contributed by atoms with Gasteiger partial charge in [-0.1, -0.05) is 30.3 Å². The van der Waals surface area contributed by atoms with Crippen molar-refractivity contribution < 1.29 is 8.42 Å². The van der Waals surface area contributed by atoms with Gasteiger partial charge < -0.3 is 20.1 Å². The first-order chi connectivity index (χ1) is 15.9. The Labute approximate surface area is 193 Å². The highest BCUT2D eigenvalue weighted by molar-refractivity contribution is 7.89. The number of benzene rings is 3. The monoisotopic (exact) mass is 461 g/mol. The van der Waals surface area contributed by atoms with Crippen LogP contribution in [-0.2, 0) is 10.0 Å². The van der Waals surface area contributed by atoms with Gasteiger partial charge in [0.25, 0.3) is 0 Å². The lowest BCUT2D eigenvalue weighted by Gasteiger charge is -2.34. The molecular weight excluding hydrogens is 434 g/mol. The molecule has 5 rings (SSSR count). The summed E-state index contributed by atoms with van der Waals surface area (Å²) >= 11 is 0. The summed E-state index contributed by atoms with van der Waals surface area (Å²) in [6, 6.07) is 23.3. The summed E-state index contributed by atoms with van der Waals surface area (Å²) in [6.45, 7) is 4.27. The van der Waals surface area contributed by atoms with Crippen LogP contribution in [0.15, 0.2) is 77.7 Å². The van der Waals surface area contributed by atoms with Gasteiger partial charge >= 0.3 is 0 Å². The predicted molar refractivity (Wildman–Crippen MR) is 135 cm³/mol. The molecule has 0 bridgehead atoms. The summed E-state index contributed by atoms with van der Waals surface area (Å²) in [6.07, 6.45) is 0. The topological polar surface area (TPSA) is 94.5 Å². The molecule has 7 nitrogen and oxygen atoms in total. The molecular formula is C25H27N5O2S. The molecule has 0 aliphatic carbocycles. The molecule has 4 N–H and O–H groups in total. The Hall–Kier alpha value is -3.33. The van der Waals surface area contributed by atoms with Gasteiger partial charge in [-0.05, 0) is 55.1 Å². The van der Waals surface area contributed by atoms with Gasteiger partial charge in [0.2, 0.25) is 10.0 Å². The molecule has 0 radical (unpaired) electrons. The quantitative estimate of drug-likeness (QED) is 0.418. The lowest BCUT2D eigenvalue weighted by Crippen LogP contribution is -2.44. The first kappa shape index (κ1) is 21.5. The van der Waals surface area contributed by atoms with E-state index in [-0.39, 0.29) is 4.90 Å². The van der Waals surface area contributed by atoms with Crippen molar-refractivity contribution >= 4 is 38.1 Å². The third kappa shape index (κ3) is 4.59. The fourth-order valence-corrected chi connectivity index (χ4v) is 4.78. The van der Waals surface area contributed by atoms with Crippen molar-refractivity contribution in [2.75, 3.05) is 43.4 Å². The minimum absolute atomic E-state index is 0.104. The van der Waals surface area contributed by atoms with Crippen LogP contribution in [-0.4, -0.2) is 51.5 Å². The zero-order chi connectivity index (χ0) is 23.0. The van der Waals surface area contributed by atoms with Crippen LogP contribution >= 0.6 is 0 Å². The second-order valence-electron chi connectivity index (χ2n) is 8.48. The maximum atomic E-state index is 11.6. The molecule has 1 aliphatic heterocycles. The van der Waals surface area contributed by atoms with Crippen LogP contribution in [0.5, 0.6) is 0 Å². The minimum atomic E-state index is -3.71. The number of likely N-dealkylation sites (N-methyl/N-ethyl adjacent to an activating group) is 1. The van der Waals surface area contributed by atoms with Crippen LogP contribution in [0.1, 0.15) is 0 Å². The van der Waals surface area contributed by atoms with Crippen molar-refractivity contribution in [3.63, 3.8) is 0 Å². The van der Waals surface area contributed by atoms with Crippen molar-refractivity contribution in [3.05, 3.63) is 72.8 Å². The number of nitrogens with two attached hydrogens (primary N) is 1. The molecule has 2 heterocycles. The second-order valence-corrected chi connectivity index (χ2v) is 10.0. The standard InChI is InChI=1S/C25H27N5O2S/c1-29-13-15-30(16-14-29)21-9-7-20(8-10-21)27-24-17-19-3-2-4-23(25(19)28-24)18-5-11-22(12-6-18)33(26,31)32/h2-12,17,27-28H,13-16H2,1H3,(H2,26,31,32). The maximum Gasteiger partial charge on any atom is 0.238 e. The third-order valence-corrected chi connectivity index (χ3v) is 7.09. The average Bonchev–Trinajstić information content (AvgIpc) is 3.22. The number of piperazine rings is 1. The first-order valence-electron chi connectivity index (χ1n) is 10.9. The highest BCUT2D eigenvalue weighted by Crippen LogP contribution is 2.32. The first-order valence-corrected chi connectivity index (χ1v) is 12.5. The molecule has 8 heteroatoms. The second kappa shape index (κ2) is 8.55. The number of nitrogens with one attached hydrogen (secondary N) is 2. The summed E-state index contributed by atoms with van der Waals surface area (Å²) in [4.78, 5) is 8.34. The molecule has 0 atom stereocenters. The fourth-order valence-electron chi connectivity index (χ4n) is 4.26. The molecule has 0 spiro atoms. The van der Waals surface area contributed by atoms with E-state index in [9.17, 15) is 8.42 Å². The SMILES string of the molecule is CN1CCN(c2ccc(Nc3cc4cccc(-c5ccc(S(N)(=O)=O)cc5)c4[nH]3)cc2)CC1. The van der Waals surface area contributed by atoms with Gasteiger partial charge in [0.05, 0.1) is 10.4 Å². The molecule has 1 fully saturated rings. The van der Waals surface area contributed by atoms with Gasteiger partial charge in [-0.15, -0.1) is 0 Å². The molecule has 3 aromatic carbocycles. The zero-order valence-electron chi connectivity index (χ0n) is 18.5. The highest BCUT2D eigenvalue weighted by atomic mass is 32.2. The summed E-state index contributed by atoms with van der Waals surface area (Å²) in [5, 5.41) is 9.75. The van der Waals surface area contributed by atoms with Gasteiger partial charge in [-0.25, -0.2) is 13.6 Å². The number of primary sulfonamides is 1. The number of rotatable bonds is 5. The average molecular weight is 462 g/mol. The largest absolute Gasteiger partial charge is 0.369 e. The zero-order valence-corrected chi connectivity index (χ0v) is 19.3. The van der Waals surface area contributed by atoms with E-state index in [4.69, 9.17) is 5.14 Å². The Morgan fingerprint density at radius 2 is 1.61 bits per heavy atom. The number of fused-ring (bicyclic) bond motifs is 1. The Morgan fingerprint density at radius 3 is 2.27 bits per heavy atom. The number of H-pyrrole nitrogens is 1.